The van der Waals surface area contributed by atoms with Crippen LogP contribution >= 0.6 is 15.9 Å². The summed E-state index contributed by atoms with van der Waals surface area (Å²) in [5.74, 6) is -0.225. The molecule has 0 radical (unpaired) electrons. The SMILES string of the molecule is CC1C(=O)NC(c2ccccc2Br)C(=O)N1C. The molecular weight excluding hydrogens is 284 g/mol. The topological polar surface area (TPSA) is 49.4 Å². The normalized spacial score (nSPS) is 24.8. The lowest BCUT2D eigenvalue weighted by Crippen LogP contribution is -2.56. The zero-order chi connectivity index (χ0) is 12.6. The van der Waals surface area contributed by atoms with Gasteiger partial charge in [-0.2, -0.15) is 0 Å². The van der Waals surface area contributed by atoms with Gasteiger partial charge in [-0.25, -0.2) is 0 Å². The summed E-state index contributed by atoms with van der Waals surface area (Å²) >= 11 is 3.39. The highest BCUT2D eigenvalue weighted by Gasteiger charge is 2.37. The Bertz CT molecular complexity index is 475. The molecule has 1 fully saturated rings. The molecule has 0 aliphatic carbocycles. The van der Waals surface area contributed by atoms with E-state index >= 15 is 0 Å². The summed E-state index contributed by atoms with van der Waals surface area (Å²) in [6.07, 6.45) is 0. The average Bonchev–Trinajstić information content (AvgIpc) is 2.32. The lowest BCUT2D eigenvalue weighted by molar-refractivity contribution is -0.147. The zero-order valence-electron chi connectivity index (χ0n) is 9.61. The molecule has 0 aromatic heterocycles. The third kappa shape index (κ3) is 2.07. The van der Waals surface area contributed by atoms with Crippen LogP contribution in [0.5, 0.6) is 0 Å². The standard InChI is InChI=1S/C12H13BrN2O2/c1-7-11(16)14-10(12(17)15(7)2)8-5-3-4-6-9(8)13/h3-7,10H,1-2H3,(H,14,16). The Morgan fingerprint density at radius 1 is 1.29 bits per heavy atom. The molecule has 1 aromatic carbocycles. The fourth-order valence-corrected chi connectivity index (χ4v) is 2.33. The average molecular weight is 297 g/mol. The largest absolute Gasteiger partial charge is 0.339 e. The van der Waals surface area contributed by atoms with Gasteiger partial charge in [0.25, 0.3) is 0 Å². The van der Waals surface area contributed by atoms with Crippen LogP contribution in [-0.2, 0) is 9.59 Å². The Morgan fingerprint density at radius 2 is 1.94 bits per heavy atom. The molecule has 5 heteroatoms. The number of hydrogen-bond donors (Lipinski definition) is 1. The van der Waals surface area contributed by atoms with Crippen molar-refractivity contribution < 1.29 is 9.59 Å². The van der Waals surface area contributed by atoms with E-state index in [0.29, 0.717) is 0 Å². The molecule has 2 amide bonds. The first kappa shape index (κ1) is 12.1. The van der Waals surface area contributed by atoms with E-state index in [1.54, 1.807) is 14.0 Å². The van der Waals surface area contributed by atoms with Crippen molar-refractivity contribution in [3.63, 3.8) is 0 Å². The van der Waals surface area contributed by atoms with E-state index < -0.39 is 12.1 Å². The summed E-state index contributed by atoms with van der Waals surface area (Å²) in [6.45, 7) is 1.71. The van der Waals surface area contributed by atoms with Gasteiger partial charge in [-0.15, -0.1) is 0 Å². The van der Waals surface area contributed by atoms with Crippen molar-refractivity contribution in [2.24, 2.45) is 0 Å². The van der Waals surface area contributed by atoms with Crippen molar-refractivity contribution in [3.8, 4) is 0 Å². The molecule has 1 saturated heterocycles. The minimum atomic E-state index is -0.598. The zero-order valence-corrected chi connectivity index (χ0v) is 11.2. The lowest BCUT2D eigenvalue weighted by Gasteiger charge is -2.35. The summed E-state index contributed by atoms with van der Waals surface area (Å²) in [5, 5.41) is 2.74. The van der Waals surface area contributed by atoms with E-state index in [9.17, 15) is 9.59 Å². The van der Waals surface area contributed by atoms with Gasteiger partial charge in [-0.1, -0.05) is 34.1 Å². The van der Waals surface area contributed by atoms with Crippen molar-refractivity contribution in [1.29, 1.82) is 0 Å². The molecule has 17 heavy (non-hydrogen) atoms. The second-order valence-corrected chi connectivity index (χ2v) is 4.94. The van der Waals surface area contributed by atoms with E-state index in [2.05, 4.69) is 21.2 Å². The fourth-order valence-electron chi connectivity index (χ4n) is 1.81. The highest BCUT2D eigenvalue weighted by Crippen LogP contribution is 2.27. The molecule has 1 heterocycles. The van der Waals surface area contributed by atoms with Crippen molar-refractivity contribution in [2.45, 2.75) is 19.0 Å². The van der Waals surface area contributed by atoms with Gasteiger partial charge in [0.05, 0.1) is 0 Å². The van der Waals surface area contributed by atoms with E-state index in [-0.39, 0.29) is 11.8 Å². The first-order valence-electron chi connectivity index (χ1n) is 5.34. The second-order valence-electron chi connectivity index (χ2n) is 4.09. The molecule has 4 nitrogen and oxygen atoms in total. The molecule has 2 atom stereocenters. The number of carbonyl (C=O) groups excluding carboxylic acids is 2. The van der Waals surface area contributed by atoms with Crippen LogP contribution < -0.4 is 5.32 Å². The first-order chi connectivity index (χ1) is 8.02. The number of hydrogen-bond acceptors (Lipinski definition) is 2. The number of amides is 2. The van der Waals surface area contributed by atoms with Gasteiger partial charge >= 0.3 is 0 Å². The maximum atomic E-state index is 12.1. The summed E-state index contributed by atoms with van der Waals surface area (Å²) in [7, 11) is 1.65. The van der Waals surface area contributed by atoms with Gasteiger partial charge in [0, 0.05) is 11.5 Å². The molecule has 1 aromatic rings. The Balaban J connectivity index is 2.37. The van der Waals surface area contributed by atoms with Crippen LogP contribution in [0.15, 0.2) is 28.7 Å². The van der Waals surface area contributed by atoms with Gasteiger partial charge in [-0.3, -0.25) is 9.59 Å². The summed E-state index contributed by atoms with van der Waals surface area (Å²) in [5.41, 5.74) is 0.782. The Kier molecular flexibility index (Phi) is 3.19. The van der Waals surface area contributed by atoms with Crippen molar-refractivity contribution in [2.75, 3.05) is 7.05 Å². The van der Waals surface area contributed by atoms with E-state index in [0.717, 1.165) is 10.0 Å². The number of carbonyl (C=O) groups is 2. The monoisotopic (exact) mass is 296 g/mol. The van der Waals surface area contributed by atoms with Crippen LogP contribution in [0.2, 0.25) is 0 Å². The Hall–Kier alpha value is -1.36. The minimum absolute atomic E-state index is 0.0935. The second kappa shape index (κ2) is 4.49. The van der Waals surface area contributed by atoms with Crippen molar-refractivity contribution in [1.82, 2.24) is 10.2 Å². The molecule has 2 unspecified atom stereocenters. The highest BCUT2D eigenvalue weighted by molar-refractivity contribution is 9.10. The maximum Gasteiger partial charge on any atom is 0.250 e. The quantitative estimate of drug-likeness (QED) is 0.853. The first-order valence-corrected chi connectivity index (χ1v) is 6.13. The van der Waals surface area contributed by atoms with Crippen LogP contribution in [-0.4, -0.2) is 29.8 Å². The smallest absolute Gasteiger partial charge is 0.250 e. The predicted molar refractivity (Wildman–Crippen MR) is 67.3 cm³/mol. The van der Waals surface area contributed by atoms with E-state index in [4.69, 9.17) is 0 Å². The Labute approximate surface area is 108 Å². The van der Waals surface area contributed by atoms with Gasteiger partial charge in [0.15, 0.2) is 0 Å². The minimum Gasteiger partial charge on any atom is -0.339 e. The Morgan fingerprint density at radius 3 is 2.59 bits per heavy atom. The highest BCUT2D eigenvalue weighted by atomic mass is 79.9. The van der Waals surface area contributed by atoms with Crippen molar-refractivity contribution in [3.05, 3.63) is 34.3 Å². The molecule has 0 bridgehead atoms. The number of benzene rings is 1. The molecule has 1 aliphatic rings. The van der Waals surface area contributed by atoms with Crippen LogP contribution in [0.1, 0.15) is 18.5 Å². The van der Waals surface area contributed by atoms with Gasteiger partial charge in [-0.05, 0) is 18.6 Å². The summed E-state index contributed by atoms with van der Waals surface area (Å²) in [4.78, 5) is 25.3. The van der Waals surface area contributed by atoms with Crippen molar-refractivity contribution >= 4 is 27.7 Å². The summed E-state index contributed by atoms with van der Waals surface area (Å²) < 4.78 is 0.821. The van der Waals surface area contributed by atoms with Gasteiger partial charge in [0.2, 0.25) is 11.8 Å². The van der Waals surface area contributed by atoms with E-state index in [1.807, 2.05) is 24.3 Å². The molecular formula is C12H13BrN2O2. The third-order valence-corrected chi connectivity index (χ3v) is 3.78. The van der Waals surface area contributed by atoms with Crippen LogP contribution in [0.3, 0.4) is 0 Å². The number of halogens is 1. The lowest BCUT2D eigenvalue weighted by atomic mass is 10.0. The third-order valence-electron chi connectivity index (χ3n) is 3.06. The maximum absolute atomic E-state index is 12.1. The molecule has 2 rings (SSSR count). The van der Waals surface area contributed by atoms with Gasteiger partial charge in [0.1, 0.15) is 12.1 Å². The van der Waals surface area contributed by atoms with Crippen LogP contribution in [0, 0.1) is 0 Å². The van der Waals surface area contributed by atoms with Crippen LogP contribution in [0.25, 0.3) is 0 Å². The van der Waals surface area contributed by atoms with Gasteiger partial charge < -0.3 is 10.2 Å². The molecule has 1 N–H and O–H groups in total. The number of piperazine rings is 1. The van der Waals surface area contributed by atoms with Crippen LogP contribution in [0.4, 0.5) is 0 Å². The number of nitrogens with one attached hydrogen (secondary N) is 1. The molecule has 0 saturated carbocycles. The molecule has 90 valence electrons. The molecule has 1 aliphatic heterocycles. The fraction of sp³-hybridized carbons (Fsp3) is 0.333. The number of nitrogens with zero attached hydrogens (tertiary/aromatic N) is 1. The van der Waals surface area contributed by atoms with E-state index in [1.165, 1.54) is 4.90 Å². The predicted octanol–water partition coefficient (Wildman–Crippen LogP) is 1.47. The molecule has 0 spiro atoms. The number of likely N-dealkylation sites (N-methyl/N-ethyl adjacent to an activating group) is 1. The summed E-state index contributed by atoms with van der Waals surface area (Å²) in [6, 6.07) is 6.39. The number of rotatable bonds is 1.